The molecule has 12 nitrogen and oxygen atoms in total. The van der Waals surface area contributed by atoms with E-state index in [2.05, 4.69) is 25.4 Å². The summed E-state index contributed by atoms with van der Waals surface area (Å²) in [4.78, 5) is 43.3. The first-order valence-corrected chi connectivity index (χ1v) is 15.0. The summed E-state index contributed by atoms with van der Waals surface area (Å²) in [6.07, 6.45) is 1.12. The monoisotopic (exact) mass is 704 g/mol. The first-order chi connectivity index (χ1) is 21.2. The summed E-state index contributed by atoms with van der Waals surface area (Å²) in [5, 5.41) is 17.8. The van der Waals surface area contributed by atoms with Gasteiger partial charge in [0.25, 0.3) is 0 Å². The lowest BCUT2D eigenvalue weighted by Gasteiger charge is -2.32. The number of carbonyl (C=O) groups is 4. The van der Waals surface area contributed by atoms with Crippen molar-refractivity contribution in [2.45, 2.75) is 77.8 Å². The molecule has 0 atom stereocenters. The molecule has 16 heteroatoms. The Morgan fingerprint density at radius 2 is 1.04 bits per heavy atom. The van der Waals surface area contributed by atoms with E-state index in [1.165, 1.54) is 38.5 Å². The van der Waals surface area contributed by atoms with Gasteiger partial charge in [-0.3, -0.25) is 9.59 Å². The summed E-state index contributed by atoms with van der Waals surface area (Å²) in [6, 6.07) is 8.59. The fraction of sp³-hybridized carbons (Fsp3) is 0.467. The molecular formula is C30H40B3BrO12. The van der Waals surface area contributed by atoms with E-state index >= 15 is 0 Å². The first-order valence-electron chi connectivity index (χ1n) is 14.2. The van der Waals surface area contributed by atoms with Crippen molar-refractivity contribution in [3.63, 3.8) is 0 Å². The third-order valence-electron chi connectivity index (χ3n) is 8.22. The Bertz CT molecular complexity index is 1360. The number of ether oxygens (including phenoxy) is 2. The van der Waals surface area contributed by atoms with E-state index in [4.69, 9.17) is 28.7 Å². The van der Waals surface area contributed by atoms with E-state index in [1.807, 2.05) is 55.4 Å². The van der Waals surface area contributed by atoms with E-state index in [-0.39, 0.29) is 39.0 Å². The summed E-state index contributed by atoms with van der Waals surface area (Å²) in [5.41, 5.74) is -0.351. The third-order valence-corrected chi connectivity index (χ3v) is 8.94. The van der Waals surface area contributed by atoms with Crippen molar-refractivity contribution >= 4 is 67.0 Å². The zero-order chi connectivity index (χ0) is 35.3. The van der Waals surface area contributed by atoms with Gasteiger partial charge in [-0.2, -0.15) is 0 Å². The van der Waals surface area contributed by atoms with Crippen LogP contribution in [0.2, 0.25) is 0 Å². The quantitative estimate of drug-likeness (QED) is 0.257. The smallest absolute Gasteiger partial charge is 0.465 e. The second-order valence-corrected chi connectivity index (χ2v) is 13.3. The van der Waals surface area contributed by atoms with E-state index < -0.39 is 33.1 Å². The van der Waals surface area contributed by atoms with Crippen LogP contribution in [-0.2, 0) is 28.1 Å². The lowest BCUT2D eigenvalue weighted by atomic mass is 9.49. The van der Waals surface area contributed by atoms with E-state index in [0.717, 1.165) is 0 Å². The number of rotatable bonds is 6. The highest BCUT2D eigenvalue weighted by Crippen LogP contribution is 2.42. The van der Waals surface area contributed by atoms with Crippen molar-refractivity contribution in [1.29, 1.82) is 0 Å². The normalized spacial score (nSPS) is 18.3. The van der Waals surface area contributed by atoms with Gasteiger partial charge in [0.2, 0.25) is 0 Å². The number of hydrogen-bond acceptors (Lipinski definition) is 12. The highest BCUT2D eigenvalue weighted by Gasteiger charge is 2.63. The van der Waals surface area contributed by atoms with Crippen LogP contribution in [-0.4, -0.2) is 92.3 Å². The average molecular weight is 705 g/mol. The number of methoxy groups -OCH3 is 2. The van der Waals surface area contributed by atoms with Crippen molar-refractivity contribution in [3.8, 4) is 0 Å². The number of carbonyl (C=O) groups excluding carboxylic acids is 4. The van der Waals surface area contributed by atoms with Gasteiger partial charge in [0.05, 0.1) is 47.8 Å². The van der Waals surface area contributed by atoms with Crippen LogP contribution in [0.5, 0.6) is 0 Å². The van der Waals surface area contributed by atoms with Crippen LogP contribution in [0.4, 0.5) is 0 Å². The van der Waals surface area contributed by atoms with Crippen molar-refractivity contribution in [1.82, 2.24) is 0 Å². The van der Waals surface area contributed by atoms with Crippen LogP contribution in [0, 0.1) is 0 Å². The summed E-state index contributed by atoms with van der Waals surface area (Å²) in [5.74, 6) is -1.03. The molecule has 46 heavy (non-hydrogen) atoms. The van der Waals surface area contributed by atoms with Gasteiger partial charge < -0.3 is 38.1 Å². The Labute approximate surface area is 279 Å². The second kappa shape index (κ2) is 15.4. The minimum Gasteiger partial charge on any atom is -0.465 e. The molecule has 2 heterocycles. The number of aldehydes is 2. The minimum atomic E-state index is -1.74. The Balaban J connectivity index is 0.000000244. The molecule has 4 rings (SSSR count). The van der Waals surface area contributed by atoms with Crippen LogP contribution >= 0.6 is 15.9 Å². The molecule has 2 aliphatic heterocycles. The highest BCUT2D eigenvalue weighted by atomic mass is 79.9. The molecule has 0 unspecified atom stereocenters. The Hall–Kier alpha value is -2.85. The molecule has 2 aromatic rings. The number of benzene rings is 2. The summed E-state index contributed by atoms with van der Waals surface area (Å²) >= 11 is 3.18. The molecule has 2 fully saturated rings. The van der Waals surface area contributed by atoms with E-state index in [0.29, 0.717) is 28.2 Å². The van der Waals surface area contributed by atoms with Crippen molar-refractivity contribution in [3.05, 3.63) is 63.1 Å². The molecule has 0 saturated carbocycles. The Kier molecular flexibility index (Phi) is 13.1. The maximum Gasteiger partial charge on any atom is 0.489 e. The molecule has 0 radical (unpaired) electrons. The number of hydrogen-bond donors (Lipinski definition) is 2. The Morgan fingerprint density at radius 1 is 0.696 bits per heavy atom. The molecule has 0 aliphatic carbocycles. The first kappa shape index (κ1) is 39.3. The van der Waals surface area contributed by atoms with Gasteiger partial charge >= 0.3 is 33.1 Å². The standard InChI is InChI=1S/C12H24B2O4.C9H9BO5.C9H7BrO3/c1-9(2)10(3,4)16-13(15-9)14-17-11(5,6)12(7,8)18-14;1-15-9(12)6-2-3-8(10(13)14)7(4-6)5-11;1-13-9(12)6-2-3-8(10)7(4-6)5-11/h1-8H3;2-5,13-14H,1H3;2-5H,1H3. The summed E-state index contributed by atoms with van der Waals surface area (Å²) in [6.45, 7) is 16.2. The predicted molar refractivity (Wildman–Crippen MR) is 176 cm³/mol. The number of esters is 2. The maximum absolute atomic E-state index is 11.1. The van der Waals surface area contributed by atoms with Gasteiger partial charge in [-0.05, 0) is 91.2 Å². The molecule has 2 aliphatic rings. The zero-order valence-electron chi connectivity index (χ0n) is 27.7. The van der Waals surface area contributed by atoms with Gasteiger partial charge in [-0.1, -0.05) is 22.0 Å². The molecule has 2 aromatic carbocycles. The molecule has 0 aromatic heterocycles. The number of halogens is 1. The van der Waals surface area contributed by atoms with Gasteiger partial charge in [0.15, 0.2) is 6.29 Å². The average Bonchev–Trinajstić information content (AvgIpc) is 3.36. The van der Waals surface area contributed by atoms with Crippen LogP contribution in [0.15, 0.2) is 40.9 Å². The molecule has 0 bridgehead atoms. The van der Waals surface area contributed by atoms with E-state index in [1.54, 1.807) is 12.1 Å². The lowest BCUT2D eigenvalue weighted by molar-refractivity contribution is 0.00578. The third kappa shape index (κ3) is 9.15. The lowest BCUT2D eigenvalue weighted by Crippen LogP contribution is -2.41. The maximum atomic E-state index is 11.1. The molecule has 2 saturated heterocycles. The fourth-order valence-electron chi connectivity index (χ4n) is 4.04. The van der Waals surface area contributed by atoms with Gasteiger partial charge in [-0.15, -0.1) is 0 Å². The Morgan fingerprint density at radius 3 is 1.37 bits per heavy atom. The van der Waals surface area contributed by atoms with Crippen LogP contribution < -0.4 is 5.46 Å². The predicted octanol–water partition coefficient (Wildman–Crippen LogP) is 3.26. The topological polar surface area (TPSA) is 164 Å². The summed E-state index contributed by atoms with van der Waals surface area (Å²) in [7, 11) is -0.174. The van der Waals surface area contributed by atoms with Crippen LogP contribution in [0.3, 0.4) is 0 Å². The largest absolute Gasteiger partial charge is 0.489 e. The van der Waals surface area contributed by atoms with Crippen molar-refractivity contribution in [2.24, 2.45) is 0 Å². The van der Waals surface area contributed by atoms with Crippen molar-refractivity contribution < 1.29 is 57.3 Å². The molecule has 0 amide bonds. The van der Waals surface area contributed by atoms with E-state index in [9.17, 15) is 19.2 Å². The van der Waals surface area contributed by atoms with Gasteiger partial charge in [0, 0.05) is 15.6 Å². The zero-order valence-corrected chi connectivity index (χ0v) is 29.3. The van der Waals surface area contributed by atoms with Gasteiger partial charge in [0.1, 0.15) is 6.29 Å². The molecular weight excluding hydrogens is 665 g/mol. The highest BCUT2D eigenvalue weighted by molar-refractivity contribution is 9.10. The molecule has 0 spiro atoms. The van der Waals surface area contributed by atoms with Crippen LogP contribution in [0.1, 0.15) is 96.8 Å². The second-order valence-electron chi connectivity index (χ2n) is 12.4. The fourth-order valence-corrected chi connectivity index (χ4v) is 4.38. The van der Waals surface area contributed by atoms with Crippen molar-refractivity contribution in [2.75, 3.05) is 14.2 Å². The van der Waals surface area contributed by atoms with Crippen LogP contribution in [0.25, 0.3) is 0 Å². The van der Waals surface area contributed by atoms with Gasteiger partial charge in [-0.25, -0.2) is 9.59 Å². The SMILES string of the molecule is CC1(C)OB(B2OC(C)(C)C(C)(C)O2)OC1(C)C.COC(=O)c1ccc(B(O)O)c(C=O)c1.COC(=O)c1ccc(Br)c(C=O)c1. The summed E-state index contributed by atoms with van der Waals surface area (Å²) < 4.78 is 33.5. The molecule has 2 N–H and O–H groups in total. The minimum absolute atomic E-state index is 0.0490. The molecule has 248 valence electrons.